The summed E-state index contributed by atoms with van der Waals surface area (Å²) in [5.74, 6) is 0.728. The summed E-state index contributed by atoms with van der Waals surface area (Å²) in [5.41, 5.74) is 0.0356. The van der Waals surface area contributed by atoms with Gasteiger partial charge in [0, 0.05) is 41.9 Å². The van der Waals surface area contributed by atoms with E-state index in [0.29, 0.717) is 28.8 Å². The highest BCUT2D eigenvalue weighted by Crippen LogP contribution is 2.30. The molecule has 2 aromatic carbocycles. The van der Waals surface area contributed by atoms with Crippen LogP contribution in [0.3, 0.4) is 0 Å². The number of nitrogens with zero attached hydrogens (tertiary/aromatic N) is 4. The number of rotatable bonds is 7. The lowest BCUT2D eigenvalue weighted by Gasteiger charge is -2.12. The first-order valence-corrected chi connectivity index (χ1v) is 10.6. The maximum absolute atomic E-state index is 13.0. The molecule has 4 aromatic rings. The van der Waals surface area contributed by atoms with Crippen molar-refractivity contribution < 1.29 is 23.1 Å². The Labute approximate surface area is 198 Å². The van der Waals surface area contributed by atoms with Gasteiger partial charge in [0.25, 0.3) is 5.91 Å². The number of amides is 1. The van der Waals surface area contributed by atoms with Crippen LogP contribution in [0.2, 0.25) is 0 Å². The predicted molar refractivity (Wildman–Crippen MR) is 124 cm³/mol. The normalized spacial score (nSPS) is 12.3. The highest BCUT2D eigenvalue weighted by Gasteiger charge is 2.30. The molecule has 11 heteroatoms. The van der Waals surface area contributed by atoms with Gasteiger partial charge in [-0.15, -0.1) is 0 Å². The lowest BCUT2D eigenvalue weighted by atomic mass is 10.1. The van der Waals surface area contributed by atoms with Crippen LogP contribution in [0.25, 0.3) is 17.2 Å². The number of nitrogens with one attached hydrogen (secondary N) is 2. The molecule has 0 saturated carbocycles. The maximum atomic E-state index is 13.0. The minimum atomic E-state index is -4.54. The molecule has 0 spiro atoms. The van der Waals surface area contributed by atoms with Gasteiger partial charge in [0.05, 0.1) is 11.7 Å². The third-order valence-electron chi connectivity index (χ3n) is 4.91. The second kappa shape index (κ2) is 9.94. The lowest BCUT2D eigenvalue weighted by molar-refractivity contribution is -0.137. The van der Waals surface area contributed by atoms with Gasteiger partial charge in [-0.3, -0.25) is 9.36 Å². The first-order valence-electron chi connectivity index (χ1n) is 10.6. The third-order valence-corrected chi connectivity index (χ3v) is 4.91. The second-order valence-electron chi connectivity index (χ2n) is 7.70. The molecular formula is C24H21F3N6O2. The van der Waals surface area contributed by atoms with Gasteiger partial charge in [-0.1, -0.05) is 18.2 Å². The molecule has 180 valence electrons. The molecule has 2 heterocycles. The lowest BCUT2D eigenvalue weighted by Crippen LogP contribution is -2.17. The zero-order chi connectivity index (χ0) is 25.0. The Morgan fingerprint density at radius 1 is 1.09 bits per heavy atom. The van der Waals surface area contributed by atoms with Crippen LogP contribution in [0.4, 0.5) is 24.8 Å². The quantitative estimate of drug-likeness (QED) is 0.361. The van der Waals surface area contributed by atoms with Crippen LogP contribution in [0, 0.1) is 0 Å². The molecule has 35 heavy (non-hydrogen) atoms. The first-order chi connectivity index (χ1) is 16.7. The minimum absolute atomic E-state index is 0.107. The van der Waals surface area contributed by atoms with Crippen LogP contribution >= 0.6 is 0 Å². The average Bonchev–Trinajstić information content (AvgIpc) is 3.33. The van der Waals surface area contributed by atoms with Crippen molar-refractivity contribution in [3.63, 3.8) is 0 Å². The van der Waals surface area contributed by atoms with Crippen molar-refractivity contribution in [1.29, 1.82) is 0 Å². The number of alkyl halides is 3. The summed E-state index contributed by atoms with van der Waals surface area (Å²) in [5, 5.41) is 15.0. The number of aromatic nitrogens is 4. The van der Waals surface area contributed by atoms with E-state index < -0.39 is 23.8 Å². The Morgan fingerprint density at radius 2 is 1.89 bits per heavy atom. The third kappa shape index (κ3) is 5.82. The van der Waals surface area contributed by atoms with E-state index in [-0.39, 0.29) is 12.1 Å². The van der Waals surface area contributed by atoms with Crippen LogP contribution in [0.15, 0.2) is 73.2 Å². The van der Waals surface area contributed by atoms with Crippen molar-refractivity contribution in [2.75, 3.05) is 17.2 Å². The largest absolute Gasteiger partial charge is 0.416 e. The van der Waals surface area contributed by atoms with E-state index in [1.807, 2.05) is 0 Å². The molecule has 0 aliphatic heterocycles. The summed E-state index contributed by atoms with van der Waals surface area (Å²) in [7, 11) is 0. The molecule has 0 aliphatic rings. The van der Waals surface area contributed by atoms with Crippen molar-refractivity contribution in [2.24, 2.45) is 0 Å². The van der Waals surface area contributed by atoms with E-state index in [9.17, 15) is 23.1 Å². The zero-order valence-electron chi connectivity index (χ0n) is 18.5. The van der Waals surface area contributed by atoms with E-state index in [1.165, 1.54) is 12.1 Å². The van der Waals surface area contributed by atoms with E-state index >= 15 is 0 Å². The number of hydrogen-bond acceptors (Lipinski definition) is 6. The van der Waals surface area contributed by atoms with Crippen molar-refractivity contribution in [2.45, 2.75) is 19.2 Å². The number of carbonyl (C=O) groups excluding carboxylic acids is 1. The van der Waals surface area contributed by atoms with E-state index in [0.717, 1.165) is 12.1 Å². The Balaban J connectivity index is 1.57. The standard InChI is InChI=1S/C24H21F3N6O2/c1-15(34)14-30-23-29-9-8-20(32-23)33-11-10-28-21(33)16-4-3-7-19(13-16)31-22(35)17-5-2-6-18(12-17)24(25,26)27/h2-13,15,34H,14H2,1H3,(H,31,35)(H,29,30,32)/t15-/m0/s1. The SMILES string of the molecule is C[C@H](O)CNc1nccc(-n2ccnc2-c2cccc(NC(=O)c3cccc(C(F)(F)F)c3)c2)n1. The van der Waals surface area contributed by atoms with Gasteiger partial charge in [-0.2, -0.15) is 18.2 Å². The molecule has 0 bridgehead atoms. The number of anilines is 2. The summed E-state index contributed by atoms with van der Waals surface area (Å²) in [6.45, 7) is 1.93. The summed E-state index contributed by atoms with van der Waals surface area (Å²) < 4.78 is 40.7. The zero-order valence-corrected chi connectivity index (χ0v) is 18.5. The molecule has 4 rings (SSSR count). The van der Waals surface area contributed by atoms with Crippen molar-refractivity contribution in [1.82, 2.24) is 19.5 Å². The van der Waals surface area contributed by atoms with Crippen LogP contribution in [-0.2, 0) is 6.18 Å². The predicted octanol–water partition coefficient (Wildman–Crippen LogP) is 4.39. The summed E-state index contributed by atoms with van der Waals surface area (Å²) in [6.07, 6.45) is -0.236. The molecule has 0 saturated heterocycles. The topological polar surface area (TPSA) is 105 Å². The molecular weight excluding hydrogens is 461 g/mol. The first kappa shape index (κ1) is 23.9. The van der Waals surface area contributed by atoms with Gasteiger partial charge in [-0.25, -0.2) is 9.97 Å². The Morgan fingerprint density at radius 3 is 2.66 bits per heavy atom. The van der Waals surface area contributed by atoms with Crippen LogP contribution in [-0.4, -0.2) is 43.2 Å². The average molecular weight is 482 g/mol. The minimum Gasteiger partial charge on any atom is -0.392 e. The molecule has 1 amide bonds. The molecule has 2 aromatic heterocycles. The summed E-state index contributed by atoms with van der Waals surface area (Å²) in [6, 6.07) is 12.7. The van der Waals surface area contributed by atoms with Crippen LogP contribution in [0.5, 0.6) is 0 Å². The maximum Gasteiger partial charge on any atom is 0.416 e. The van der Waals surface area contributed by atoms with Crippen molar-refractivity contribution >= 4 is 17.5 Å². The van der Waals surface area contributed by atoms with Crippen molar-refractivity contribution in [3.8, 4) is 17.2 Å². The van der Waals surface area contributed by atoms with E-state index in [4.69, 9.17) is 0 Å². The van der Waals surface area contributed by atoms with Gasteiger partial charge in [0.15, 0.2) is 0 Å². The number of benzene rings is 2. The molecule has 0 radical (unpaired) electrons. The monoisotopic (exact) mass is 482 g/mol. The van der Waals surface area contributed by atoms with Gasteiger partial charge >= 0.3 is 6.18 Å². The number of aliphatic hydroxyl groups is 1. The molecule has 0 aliphatic carbocycles. The summed E-state index contributed by atoms with van der Waals surface area (Å²) >= 11 is 0. The van der Waals surface area contributed by atoms with Gasteiger partial charge in [0.1, 0.15) is 11.6 Å². The molecule has 0 fully saturated rings. The second-order valence-corrected chi connectivity index (χ2v) is 7.70. The van der Waals surface area contributed by atoms with Gasteiger partial charge in [-0.05, 0) is 43.3 Å². The number of aliphatic hydroxyl groups excluding tert-OH is 1. The van der Waals surface area contributed by atoms with Crippen LogP contribution in [0.1, 0.15) is 22.8 Å². The fraction of sp³-hybridized carbons (Fsp3) is 0.167. The number of imidazole rings is 1. The smallest absolute Gasteiger partial charge is 0.392 e. The summed E-state index contributed by atoms with van der Waals surface area (Å²) in [4.78, 5) is 25.5. The highest BCUT2D eigenvalue weighted by atomic mass is 19.4. The molecule has 1 atom stereocenters. The highest BCUT2D eigenvalue weighted by molar-refractivity contribution is 6.04. The van der Waals surface area contributed by atoms with Gasteiger partial charge in [0.2, 0.25) is 5.95 Å². The Kier molecular flexibility index (Phi) is 6.78. The Bertz CT molecular complexity index is 1340. The van der Waals surface area contributed by atoms with E-state index in [2.05, 4.69) is 25.6 Å². The fourth-order valence-corrected chi connectivity index (χ4v) is 3.29. The van der Waals surface area contributed by atoms with E-state index in [1.54, 1.807) is 60.4 Å². The number of carbonyl (C=O) groups is 1. The fourth-order valence-electron chi connectivity index (χ4n) is 3.29. The Hall–Kier alpha value is -4.25. The molecule has 0 unspecified atom stereocenters. The van der Waals surface area contributed by atoms with Crippen LogP contribution < -0.4 is 10.6 Å². The number of halogens is 3. The molecule has 8 nitrogen and oxygen atoms in total. The number of hydrogen-bond donors (Lipinski definition) is 3. The van der Waals surface area contributed by atoms with Crippen molar-refractivity contribution in [3.05, 3.63) is 84.3 Å². The van der Waals surface area contributed by atoms with Gasteiger partial charge < -0.3 is 15.7 Å². The molecule has 3 N–H and O–H groups in total.